The van der Waals surface area contributed by atoms with E-state index in [9.17, 15) is 9.59 Å². The van der Waals surface area contributed by atoms with Crippen LogP contribution in [0.3, 0.4) is 0 Å². The van der Waals surface area contributed by atoms with Gasteiger partial charge < -0.3 is 10.6 Å². The lowest BCUT2D eigenvalue weighted by Crippen LogP contribution is -2.13. The number of hydrogen-bond donors (Lipinski definition) is 2. The normalized spacial score (nSPS) is 10.8. The average molecular weight is 396 g/mol. The molecule has 146 valence electrons. The van der Waals surface area contributed by atoms with Crippen molar-refractivity contribution in [3.8, 4) is 0 Å². The number of carbonyl (C=O) groups excluding carboxylic acids is 2. The molecule has 2 aromatic carbocycles. The Labute approximate surface area is 169 Å². The molecule has 1 heterocycles. The van der Waals surface area contributed by atoms with Gasteiger partial charge in [-0.1, -0.05) is 36.5 Å². The standard InChI is InChI=1S/C22H25N3O2S/c1-4-5-20(26)25-22-24-17-10-8-16(13-19(17)28-22)9-11-21(27)23-18-12-14(2)6-7-15(18)3/h6-8,10,12-13H,4-5,9,11H2,1-3H3,(H,23,27)(H,24,25,26). The Balaban J connectivity index is 1.61. The molecule has 6 heteroatoms. The molecule has 0 aliphatic rings. The number of anilines is 2. The molecule has 0 fully saturated rings. The van der Waals surface area contributed by atoms with Gasteiger partial charge in [-0.3, -0.25) is 9.59 Å². The average Bonchev–Trinajstić information content (AvgIpc) is 3.04. The molecule has 2 amide bonds. The van der Waals surface area contributed by atoms with Crippen LogP contribution in [0.1, 0.15) is 42.9 Å². The van der Waals surface area contributed by atoms with Crippen molar-refractivity contribution in [2.24, 2.45) is 0 Å². The largest absolute Gasteiger partial charge is 0.326 e. The molecule has 28 heavy (non-hydrogen) atoms. The molecule has 0 unspecified atom stereocenters. The van der Waals surface area contributed by atoms with Crippen molar-refractivity contribution in [1.29, 1.82) is 0 Å². The molecule has 5 nitrogen and oxygen atoms in total. The van der Waals surface area contributed by atoms with Crippen LogP contribution >= 0.6 is 11.3 Å². The van der Waals surface area contributed by atoms with E-state index in [0.29, 0.717) is 24.4 Å². The third-order valence-electron chi connectivity index (χ3n) is 4.48. The van der Waals surface area contributed by atoms with E-state index in [2.05, 4.69) is 15.6 Å². The van der Waals surface area contributed by atoms with Gasteiger partial charge in [0.1, 0.15) is 0 Å². The smallest absolute Gasteiger partial charge is 0.226 e. The number of nitrogens with one attached hydrogen (secondary N) is 2. The predicted octanol–water partition coefficient (Wildman–Crippen LogP) is 5.22. The second kappa shape index (κ2) is 8.97. The number of fused-ring (bicyclic) bond motifs is 1. The van der Waals surface area contributed by atoms with Crippen LogP contribution in [0.25, 0.3) is 10.2 Å². The number of aromatic nitrogens is 1. The maximum absolute atomic E-state index is 12.3. The van der Waals surface area contributed by atoms with Crippen molar-refractivity contribution >= 4 is 44.2 Å². The van der Waals surface area contributed by atoms with Crippen molar-refractivity contribution < 1.29 is 9.59 Å². The molecule has 0 spiro atoms. The molecule has 2 N–H and O–H groups in total. The molecule has 3 rings (SSSR count). The molecule has 1 aromatic heterocycles. The van der Waals surface area contributed by atoms with Crippen molar-refractivity contribution in [3.05, 3.63) is 53.1 Å². The molecule has 0 bridgehead atoms. The molecular formula is C22H25N3O2S. The summed E-state index contributed by atoms with van der Waals surface area (Å²) in [7, 11) is 0. The van der Waals surface area contributed by atoms with Crippen LogP contribution in [-0.4, -0.2) is 16.8 Å². The van der Waals surface area contributed by atoms with Crippen LogP contribution in [0.2, 0.25) is 0 Å². The van der Waals surface area contributed by atoms with E-state index in [1.54, 1.807) is 0 Å². The number of nitrogens with zero attached hydrogens (tertiary/aromatic N) is 1. The molecule has 0 atom stereocenters. The third-order valence-corrected chi connectivity index (χ3v) is 5.42. The van der Waals surface area contributed by atoms with E-state index in [1.165, 1.54) is 11.3 Å². The zero-order valence-corrected chi connectivity index (χ0v) is 17.3. The second-order valence-electron chi connectivity index (χ2n) is 6.99. The fraction of sp³-hybridized carbons (Fsp3) is 0.318. The monoisotopic (exact) mass is 395 g/mol. The maximum Gasteiger partial charge on any atom is 0.226 e. The van der Waals surface area contributed by atoms with Crippen LogP contribution in [-0.2, 0) is 16.0 Å². The molecule has 0 saturated carbocycles. The number of rotatable bonds is 7. The summed E-state index contributed by atoms with van der Waals surface area (Å²) in [4.78, 5) is 28.5. The topological polar surface area (TPSA) is 71.1 Å². The van der Waals surface area contributed by atoms with E-state index < -0.39 is 0 Å². The fourth-order valence-corrected chi connectivity index (χ4v) is 3.87. The Bertz CT molecular complexity index is 1010. The number of hydrogen-bond acceptors (Lipinski definition) is 4. The van der Waals surface area contributed by atoms with Gasteiger partial charge in [0.25, 0.3) is 0 Å². The highest BCUT2D eigenvalue weighted by Gasteiger charge is 2.10. The minimum absolute atomic E-state index is 0.00520. The summed E-state index contributed by atoms with van der Waals surface area (Å²) in [6.07, 6.45) is 2.38. The van der Waals surface area contributed by atoms with Crippen LogP contribution in [0.15, 0.2) is 36.4 Å². The quantitative estimate of drug-likeness (QED) is 0.576. The van der Waals surface area contributed by atoms with Crippen molar-refractivity contribution in [2.45, 2.75) is 46.5 Å². The van der Waals surface area contributed by atoms with Gasteiger partial charge in [-0.15, -0.1) is 0 Å². The first-order valence-corrected chi connectivity index (χ1v) is 10.3. The zero-order valence-electron chi connectivity index (χ0n) is 16.5. The summed E-state index contributed by atoms with van der Waals surface area (Å²) >= 11 is 1.46. The summed E-state index contributed by atoms with van der Waals surface area (Å²) in [5.74, 6) is -0.00416. The van der Waals surface area contributed by atoms with Crippen LogP contribution in [0, 0.1) is 13.8 Å². The molecule has 0 aliphatic carbocycles. The zero-order chi connectivity index (χ0) is 20.1. The van der Waals surface area contributed by atoms with E-state index in [1.807, 2.05) is 57.2 Å². The summed E-state index contributed by atoms with van der Waals surface area (Å²) in [6.45, 7) is 5.97. The fourth-order valence-electron chi connectivity index (χ4n) is 2.93. The molecule has 3 aromatic rings. The van der Waals surface area contributed by atoms with Gasteiger partial charge in [-0.05, 0) is 61.6 Å². The predicted molar refractivity (Wildman–Crippen MR) is 116 cm³/mol. The summed E-state index contributed by atoms with van der Waals surface area (Å²) in [6, 6.07) is 12.0. The Morgan fingerprint density at radius 1 is 1.00 bits per heavy atom. The molecule has 0 saturated heterocycles. The van der Waals surface area contributed by atoms with Crippen LogP contribution < -0.4 is 10.6 Å². The number of benzene rings is 2. The van der Waals surface area contributed by atoms with E-state index in [0.717, 1.165) is 39.0 Å². The number of thiazole rings is 1. The van der Waals surface area contributed by atoms with E-state index in [4.69, 9.17) is 0 Å². The molecular weight excluding hydrogens is 370 g/mol. The Hall–Kier alpha value is -2.73. The Morgan fingerprint density at radius 3 is 2.57 bits per heavy atom. The summed E-state index contributed by atoms with van der Waals surface area (Å²) in [5, 5.41) is 6.47. The first-order chi connectivity index (χ1) is 13.4. The first kappa shape index (κ1) is 20.0. The lowest BCUT2D eigenvalue weighted by atomic mass is 10.1. The summed E-state index contributed by atoms with van der Waals surface area (Å²) in [5.41, 5.74) is 5.00. The summed E-state index contributed by atoms with van der Waals surface area (Å²) < 4.78 is 1.01. The van der Waals surface area contributed by atoms with Gasteiger partial charge in [0.2, 0.25) is 11.8 Å². The third kappa shape index (κ3) is 5.16. The second-order valence-corrected chi connectivity index (χ2v) is 8.02. The van der Waals surface area contributed by atoms with E-state index in [-0.39, 0.29) is 11.8 Å². The van der Waals surface area contributed by atoms with Crippen molar-refractivity contribution in [1.82, 2.24) is 4.98 Å². The number of carbonyl (C=O) groups is 2. The van der Waals surface area contributed by atoms with Gasteiger partial charge in [0, 0.05) is 18.5 Å². The van der Waals surface area contributed by atoms with Gasteiger partial charge in [0.05, 0.1) is 10.2 Å². The number of amides is 2. The molecule has 0 aliphatic heterocycles. The highest BCUT2D eigenvalue weighted by molar-refractivity contribution is 7.22. The molecule has 0 radical (unpaired) electrons. The number of aryl methyl sites for hydroxylation is 3. The SMILES string of the molecule is CCCC(=O)Nc1nc2ccc(CCC(=O)Nc3cc(C)ccc3C)cc2s1. The Morgan fingerprint density at radius 2 is 1.79 bits per heavy atom. The minimum atomic E-state index is -0.00936. The van der Waals surface area contributed by atoms with Gasteiger partial charge in [0.15, 0.2) is 5.13 Å². The van der Waals surface area contributed by atoms with Crippen molar-refractivity contribution in [3.63, 3.8) is 0 Å². The van der Waals surface area contributed by atoms with Crippen molar-refractivity contribution in [2.75, 3.05) is 10.6 Å². The Kier molecular flexibility index (Phi) is 6.41. The highest BCUT2D eigenvalue weighted by Crippen LogP contribution is 2.27. The maximum atomic E-state index is 12.3. The lowest BCUT2D eigenvalue weighted by Gasteiger charge is -2.09. The minimum Gasteiger partial charge on any atom is -0.326 e. The van der Waals surface area contributed by atoms with Crippen LogP contribution in [0.5, 0.6) is 0 Å². The van der Waals surface area contributed by atoms with Gasteiger partial charge in [-0.25, -0.2) is 4.98 Å². The first-order valence-electron chi connectivity index (χ1n) is 9.51. The van der Waals surface area contributed by atoms with Gasteiger partial charge >= 0.3 is 0 Å². The van der Waals surface area contributed by atoms with Crippen LogP contribution in [0.4, 0.5) is 10.8 Å². The van der Waals surface area contributed by atoms with Gasteiger partial charge in [-0.2, -0.15) is 0 Å². The van der Waals surface area contributed by atoms with E-state index >= 15 is 0 Å². The highest BCUT2D eigenvalue weighted by atomic mass is 32.1. The lowest BCUT2D eigenvalue weighted by molar-refractivity contribution is -0.117.